The lowest BCUT2D eigenvalue weighted by atomic mass is 10.2. The topological polar surface area (TPSA) is 79.9 Å². The predicted molar refractivity (Wildman–Crippen MR) is 82.3 cm³/mol. The molecule has 0 aliphatic carbocycles. The summed E-state index contributed by atoms with van der Waals surface area (Å²) in [5.41, 5.74) is 0.909. The van der Waals surface area contributed by atoms with E-state index >= 15 is 0 Å². The summed E-state index contributed by atoms with van der Waals surface area (Å²) in [5, 5.41) is 10.2. The quantitative estimate of drug-likeness (QED) is 0.603. The van der Waals surface area contributed by atoms with Crippen LogP contribution in [-0.2, 0) is 4.79 Å². The number of amides is 1. The SMILES string of the molecule is C=CCNC(=O)CSc1n[nH]c(-c2ccc(OC)cc2)n1. The molecule has 1 heterocycles. The summed E-state index contributed by atoms with van der Waals surface area (Å²) in [6, 6.07) is 7.50. The summed E-state index contributed by atoms with van der Waals surface area (Å²) in [6.07, 6.45) is 1.64. The third-order valence-electron chi connectivity index (χ3n) is 2.60. The van der Waals surface area contributed by atoms with Crippen molar-refractivity contribution >= 4 is 17.7 Å². The zero-order valence-corrected chi connectivity index (χ0v) is 12.4. The predicted octanol–water partition coefficient (Wildman–Crippen LogP) is 1.87. The van der Waals surface area contributed by atoms with Gasteiger partial charge in [0, 0.05) is 12.1 Å². The molecule has 110 valence electrons. The minimum absolute atomic E-state index is 0.0734. The number of benzene rings is 1. The van der Waals surface area contributed by atoms with Gasteiger partial charge in [-0.25, -0.2) is 4.98 Å². The average molecular weight is 304 g/mol. The van der Waals surface area contributed by atoms with E-state index in [1.54, 1.807) is 13.2 Å². The lowest BCUT2D eigenvalue weighted by Gasteiger charge is -2.00. The minimum atomic E-state index is -0.0734. The summed E-state index contributed by atoms with van der Waals surface area (Å²) in [5.74, 6) is 1.64. The number of hydrogen-bond acceptors (Lipinski definition) is 5. The van der Waals surface area contributed by atoms with Crippen LogP contribution in [0.15, 0.2) is 42.1 Å². The summed E-state index contributed by atoms with van der Waals surface area (Å²) in [6.45, 7) is 4.00. The van der Waals surface area contributed by atoms with E-state index in [-0.39, 0.29) is 11.7 Å². The molecule has 1 amide bonds. The van der Waals surface area contributed by atoms with Crippen LogP contribution in [0.2, 0.25) is 0 Å². The van der Waals surface area contributed by atoms with Gasteiger partial charge in [0.25, 0.3) is 0 Å². The number of nitrogens with one attached hydrogen (secondary N) is 2. The van der Waals surface area contributed by atoms with Crippen molar-refractivity contribution in [2.24, 2.45) is 0 Å². The Balaban J connectivity index is 1.94. The number of carbonyl (C=O) groups is 1. The first-order valence-corrected chi connectivity index (χ1v) is 7.28. The maximum absolute atomic E-state index is 11.5. The first kappa shape index (κ1) is 15.1. The highest BCUT2D eigenvalue weighted by Gasteiger charge is 2.08. The number of rotatable bonds is 7. The van der Waals surface area contributed by atoms with E-state index in [1.807, 2.05) is 24.3 Å². The Hall–Kier alpha value is -2.28. The first-order valence-electron chi connectivity index (χ1n) is 6.30. The largest absolute Gasteiger partial charge is 0.497 e. The van der Waals surface area contributed by atoms with E-state index in [9.17, 15) is 4.79 Å². The van der Waals surface area contributed by atoms with Crippen LogP contribution in [0, 0.1) is 0 Å². The smallest absolute Gasteiger partial charge is 0.230 e. The number of hydrogen-bond donors (Lipinski definition) is 2. The molecule has 0 bridgehead atoms. The number of aromatic nitrogens is 3. The monoisotopic (exact) mass is 304 g/mol. The molecular weight excluding hydrogens is 288 g/mol. The van der Waals surface area contributed by atoms with Crippen LogP contribution in [0.4, 0.5) is 0 Å². The van der Waals surface area contributed by atoms with E-state index in [2.05, 4.69) is 27.1 Å². The molecule has 0 aliphatic heterocycles. The fourth-order valence-electron chi connectivity index (χ4n) is 1.56. The number of thioether (sulfide) groups is 1. The van der Waals surface area contributed by atoms with Gasteiger partial charge >= 0.3 is 0 Å². The lowest BCUT2D eigenvalue weighted by Crippen LogP contribution is -2.24. The van der Waals surface area contributed by atoms with Gasteiger partial charge in [-0.1, -0.05) is 17.8 Å². The average Bonchev–Trinajstić information content (AvgIpc) is 3.00. The Kier molecular flexibility index (Phi) is 5.39. The summed E-state index contributed by atoms with van der Waals surface area (Å²) in [4.78, 5) is 15.8. The van der Waals surface area contributed by atoms with E-state index in [4.69, 9.17) is 4.74 Å². The van der Waals surface area contributed by atoms with Crippen molar-refractivity contribution in [1.82, 2.24) is 20.5 Å². The van der Waals surface area contributed by atoms with E-state index in [1.165, 1.54) is 11.8 Å². The number of methoxy groups -OCH3 is 1. The second-order valence-corrected chi connectivity index (χ2v) is 5.02. The highest BCUT2D eigenvalue weighted by atomic mass is 32.2. The van der Waals surface area contributed by atoms with Crippen molar-refractivity contribution in [3.05, 3.63) is 36.9 Å². The minimum Gasteiger partial charge on any atom is -0.497 e. The van der Waals surface area contributed by atoms with Crippen molar-refractivity contribution in [1.29, 1.82) is 0 Å². The van der Waals surface area contributed by atoms with Crippen LogP contribution in [0.1, 0.15) is 0 Å². The van der Waals surface area contributed by atoms with Crippen LogP contribution in [0.25, 0.3) is 11.4 Å². The maximum Gasteiger partial charge on any atom is 0.230 e. The second kappa shape index (κ2) is 7.49. The Morgan fingerprint density at radius 3 is 2.90 bits per heavy atom. The third kappa shape index (κ3) is 4.35. The van der Waals surface area contributed by atoms with Crippen LogP contribution < -0.4 is 10.1 Å². The fourth-order valence-corrected chi connectivity index (χ4v) is 2.18. The normalized spacial score (nSPS) is 10.1. The summed E-state index contributed by atoms with van der Waals surface area (Å²) in [7, 11) is 1.62. The molecule has 2 N–H and O–H groups in total. The second-order valence-electron chi connectivity index (χ2n) is 4.08. The van der Waals surface area contributed by atoms with Crippen molar-refractivity contribution < 1.29 is 9.53 Å². The third-order valence-corrected chi connectivity index (χ3v) is 3.45. The molecule has 7 heteroatoms. The molecule has 0 unspecified atom stereocenters. The maximum atomic E-state index is 11.5. The van der Waals surface area contributed by atoms with Crippen LogP contribution in [-0.4, -0.2) is 40.5 Å². The molecular formula is C14H16N4O2S. The molecule has 21 heavy (non-hydrogen) atoms. The molecule has 0 radical (unpaired) electrons. The molecule has 0 saturated heterocycles. The number of carbonyl (C=O) groups excluding carboxylic acids is 1. The van der Waals surface area contributed by atoms with Crippen molar-refractivity contribution in [3.63, 3.8) is 0 Å². The van der Waals surface area contributed by atoms with Gasteiger partial charge in [0.15, 0.2) is 5.82 Å². The van der Waals surface area contributed by atoms with Crippen molar-refractivity contribution in [2.75, 3.05) is 19.4 Å². The van der Waals surface area contributed by atoms with Gasteiger partial charge in [0.2, 0.25) is 11.1 Å². The van der Waals surface area contributed by atoms with E-state index < -0.39 is 0 Å². The van der Waals surface area contributed by atoms with Crippen LogP contribution >= 0.6 is 11.8 Å². The highest BCUT2D eigenvalue weighted by Crippen LogP contribution is 2.21. The number of aromatic amines is 1. The standard InChI is InChI=1S/C14H16N4O2S/c1-3-8-15-12(19)9-21-14-16-13(17-18-14)10-4-6-11(20-2)7-5-10/h3-7H,1,8-9H2,2H3,(H,15,19)(H,16,17,18). The molecule has 1 aromatic heterocycles. The Morgan fingerprint density at radius 2 is 2.24 bits per heavy atom. The molecule has 1 aromatic carbocycles. The zero-order chi connectivity index (χ0) is 15.1. The summed E-state index contributed by atoms with van der Waals surface area (Å²) >= 11 is 1.28. The van der Waals surface area contributed by atoms with Gasteiger partial charge in [0.1, 0.15) is 5.75 Å². The van der Waals surface area contributed by atoms with Gasteiger partial charge in [-0.3, -0.25) is 9.89 Å². The number of ether oxygens (including phenoxy) is 1. The van der Waals surface area contributed by atoms with Gasteiger partial charge in [-0.05, 0) is 24.3 Å². The molecule has 0 spiro atoms. The van der Waals surface area contributed by atoms with E-state index in [0.717, 1.165) is 11.3 Å². The molecule has 0 aliphatic rings. The Morgan fingerprint density at radius 1 is 1.48 bits per heavy atom. The number of nitrogens with zero attached hydrogens (tertiary/aromatic N) is 2. The summed E-state index contributed by atoms with van der Waals surface area (Å²) < 4.78 is 5.11. The van der Waals surface area contributed by atoms with E-state index in [0.29, 0.717) is 17.5 Å². The van der Waals surface area contributed by atoms with Gasteiger partial charge in [-0.2, -0.15) is 0 Å². The number of H-pyrrole nitrogens is 1. The van der Waals surface area contributed by atoms with Crippen LogP contribution in [0.3, 0.4) is 0 Å². The lowest BCUT2D eigenvalue weighted by molar-refractivity contribution is -0.118. The van der Waals surface area contributed by atoms with Crippen molar-refractivity contribution in [3.8, 4) is 17.1 Å². The highest BCUT2D eigenvalue weighted by molar-refractivity contribution is 7.99. The molecule has 0 atom stereocenters. The molecule has 0 fully saturated rings. The van der Waals surface area contributed by atoms with Gasteiger partial charge in [-0.15, -0.1) is 11.7 Å². The van der Waals surface area contributed by atoms with Crippen LogP contribution in [0.5, 0.6) is 5.75 Å². The molecule has 2 rings (SSSR count). The van der Waals surface area contributed by atoms with Gasteiger partial charge in [0.05, 0.1) is 12.9 Å². The molecule has 6 nitrogen and oxygen atoms in total. The Labute approximate surface area is 127 Å². The Bertz CT molecular complexity index is 610. The molecule has 2 aromatic rings. The van der Waals surface area contributed by atoms with Gasteiger partial charge < -0.3 is 10.1 Å². The first-order chi connectivity index (χ1) is 10.2. The van der Waals surface area contributed by atoms with Crippen molar-refractivity contribution in [2.45, 2.75) is 5.16 Å². The fraction of sp³-hybridized carbons (Fsp3) is 0.214. The molecule has 0 saturated carbocycles. The zero-order valence-electron chi connectivity index (χ0n) is 11.6.